The average molecular weight is 364 g/mol. The summed E-state index contributed by atoms with van der Waals surface area (Å²) < 4.78 is 0. The number of amides is 1. The first kappa shape index (κ1) is 16.7. The normalized spacial score (nSPS) is 13.0. The molecule has 0 atom stereocenters. The Balaban J connectivity index is 1.66. The summed E-state index contributed by atoms with van der Waals surface area (Å²) in [7, 11) is 0. The molecule has 0 N–H and O–H groups in total. The third-order valence-electron chi connectivity index (χ3n) is 5.43. The Kier molecular flexibility index (Phi) is 3.94. The summed E-state index contributed by atoms with van der Waals surface area (Å²) in [5.74, 6) is 0.0388. The highest BCUT2D eigenvalue weighted by molar-refractivity contribution is 6.15. The van der Waals surface area contributed by atoms with Crippen LogP contribution in [0.4, 0.5) is 5.69 Å². The average Bonchev–Trinajstić information content (AvgIpc) is 3.17. The fraction of sp³-hybridized carbons (Fsp3) is 0.120. The van der Waals surface area contributed by atoms with Crippen LogP contribution in [0.1, 0.15) is 21.5 Å². The Morgan fingerprint density at radius 2 is 1.68 bits per heavy atom. The van der Waals surface area contributed by atoms with Gasteiger partial charge in [-0.3, -0.25) is 4.79 Å². The highest BCUT2D eigenvalue weighted by Gasteiger charge is 2.26. The number of aryl methyl sites for hydroxylation is 1. The Bertz CT molecular complexity index is 1190. The van der Waals surface area contributed by atoms with E-state index in [0.717, 1.165) is 34.3 Å². The molecule has 5 rings (SSSR count). The topological polar surface area (TPSA) is 33.2 Å². The molecule has 0 bridgehead atoms. The van der Waals surface area contributed by atoms with Gasteiger partial charge in [0.1, 0.15) is 0 Å². The highest BCUT2D eigenvalue weighted by Crippen LogP contribution is 2.32. The summed E-state index contributed by atoms with van der Waals surface area (Å²) in [6.45, 7) is 2.78. The lowest BCUT2D eigenvalue weighted by Gasteiger charge is -2.19. The molecule has 0 saturated carbocycles. The minimum atomic E-state index is 0.0388. The molecule has 3 aromatic carbocycles. The van der Waals surface area contributed by atoms with Crippen molar-refractivity contribution >= 4 is 22.5 Å². The van der Waals surface area contributed by atoms with Gasteiger partial charge < -0.3 is 4.90 Å². The first-order valence-electron chi connectivity index (χ1n) is 9.57. The molecule has 28 heavy (non-hydrogen) atoms. The van der Waals surface area contributed by atoms with E-state index in [1.165, 1.54) is 11.1 Å². The predicted octanol–water partition coefficient (Wildman–Crippen LogP) is 5.41. The van der Waals surface area contributed by atoms with Crippen molar-refractivity contribution in [3.8, 4) is 11.3 Å². The van der Waals surface area contributed by atoms with Gasteiger partial charge in [-0.2, -0.15) is 0 Å². The van der Waals surface area contributed by atoms with Crippen molar-refractivity contribution in [2.75, 3.05) is 11.4 Å². The number of carbonyl (C=O) groups excluding carboxylic acids is 1. The molecule has 1 amide bonds. The summed E-state index contributed by atoms with van der Waals surface area (Å²) >= 11 is 0. The van der Waals surface area contributed by atoms with E-state index < -0.39 is 0 Å². The number of anilines is 1. The molecule has 2 heterocycles. The molecule has 0 unspecified atom stereocenters. The number of fused-ring (bicyclic) bond motifs is 2. The van der Waals surface area contributed by atoms with E-state index >= 15 is 0 Å². The zero-order chi connectivity index (χ0) is 19.1. The van der Waals surface area contributed by atoms with Crippen LogP contribution < -0.4 is 4.90 Å². The van der Waals surface area contributed by atoms with Crippen molar-refractivity contribution in [2.45, 2.75) is 13.3 Å². The SMILES string of the molecule is Cc1ccc(-c2cc(C(=O)N3CCc4ccccc43)c3ccccc3n2)cc1. The van der Waals surface area contributed by atoms with Crippen molar-refractivity contribution < 1.29 is 4.79 Å². The fourth-order valence-electron chi connectivity index (χ4n) is 3.92. The van der Waals surface area contributed by atoms with Gasteiger partial charge in [-0.15, -0.1) is 0 Å². The number of aromatic nitrogens is 1. The highest BCUT2D eigenvalue weighted by atomic mass is 16.2. The predicted molar refractivity (Wildman–Crippen MR) is 114 cm³/mol. The summed E-state index contributed by atoms with van der Waals surface area (Å²) in [5.41, 5.74) is 6.85. The second-order valence-electron chi connectivity index (χ2n) is 7.27. The van der Waals surface area contributed by atoms with Gasteiger partial charge >= 0.3 is 0 Å². The van der Waals surface area contributed by atoms with E-state index in [0.29, 0.717) is 12.1 Å². The molecule has 3 nitrogen and oxygen atoms in total. The lowest BCUT2D eigenvalue weighted by molar-refractivity contribution is 0.0991. The number of hydrogen-bond acceptors (Lipinski definition) is 2. The largest absolute Gasteiger partial charge is 0.308 e. The van der Waals surface area contributed by atoms with E-state index in [4.69, 9.17) is 4.98 Å². The zero-order valence-corrected chi connectivity index (χ0v) is 15.7. The second-order valence-corrected chi connectivity index (χ2v) is 7.27. The van der Waals surface area contributed by atoms with Crippen LogP contribution in [-0.4, -0.2) is 17.4 Å². The van der Waals surface area contributed by atoms with Gasteiger partial charge in [0.05, 0.1) is 16.8 Å². The Labute approximate surface area is 164 Å². The summed E-state index contributed by atoms with van der Waals surface area (Å²) in [4.78, 5) is 20.3. The number of nitrogens with zero attached hydrogens (tertiary/aromatic N) is 2. The van der Waals surface area contributed by atoms with Gasteiger partial charge in [0.2, 0.25) is 0 Å². The van der Waals surface area contributed by atoms with Crippen molar-refractivity contribution in [1.82, 2.24) is 4.98 Å². The molecule has 0 radical (unpaired) electrons. The van der Waals surface area contributed by atoms with Gasteiger partial charge in [0.25, 0.3) is 5.91 Å². The molecular formula is C25H20N2O. The first-order chi connectivity index (χ1) is 13.7. The Morgan fingerprint density at radius 1 is 0.929 bits per heavy atom. The number of hydrogen-bond donors (Lipinski definition) is 0. The Hall–Kier alpha value is -3.46. The molecule has 0 saturated heterocycles. The lowest BCUT2D eigenvalue weighted by atomic mass is 10.0. The molecule has 136 valence electrons. The summed E-state index contributed by atoms with van der Waals surface area (Å²) in [6.07, 6.45) is 0.899. The van der Waals surface area contributed by atoms with Gasteiger partial charge in [0.15, 0.2) is 0 Å². The number of carbonyl (C=O) groups is 1. The summed E-state index contributed by atoms with van der Waals surface area (Å²) in [6, 6.07) is 26.3. The smallest absolute Gasteiger partial charge is 0.259 e. The molecule has 1 aliphatic heterocycles. The maximum absolute atomic E-state index is 13.6. The van der Waals surface area contributed by atoms with Crippen LogP contribution in [0, 0.1) is 6.92 Å². The maximum atomic E-state index is 13.6. The number of pyridine rings is 1. The van der Waals surface area contributed by atoms with Crippen molar-refractivity contribution in [1.29, 1.82) is 0 Å². The Morgan fingerprint density at radius 3 is 2.54 bits per heavy atom. The molecular weight excluding hydrogens is 344 g/mol. The van der Waals surface area contributed by atoms with E-state index in [1.807, 2.05) is 53.4 Å². The van der Waals surface area contributed by atoms with Crippen LogP contribution in [0.5, 0.6) is 0 Å². The van der Waals surface area contributed by atoms with Crippen LogP contribution in [0.3, 0.4) is 0 Å². The number of rotatable bonds is 2. The minimum absolute atomic E-state index is 0.0388. The van der Waals surface area contributed by atoms with Crippen LogP contribution >= 0.6 is 0 Å². The lowest BCUT2D eigenvalue weighted by Crippen LogP contribution is -2.29. The van der Waals surface area contributed by atoms with E-state index in [1.54, 1.807) is 0 Å². The van der Waals surface area contributed by atoms with Crippen molar-refractivity contribution in [3.05, 3.63) is 95.6 Å². The fourth-order valence-corrected chi connectivity index (χ4v) is 3.92. The third kappa shape index (κ3) is 2.76. The van der Waals surface area contributed by atoms with Crippen LogP contribution in [0.25, 0.3) is 22.2 Å². The molecule has 1 aliphatic rings. The van der Waals surface area contributed by atoms with Crippen molar-refractivity contribution in [2.24, 2.45) is 0 Å². The van der Waals surface area contributed by atoms with Gasteiger partial charge in [-0.25, -0.2) is 4.98 Å². The molecule has 0 aliphatic carbocycles. The van der Waals surface area contributed by atoms with E-state index in [9.17, 15) is 4.79 Å². The van der Waals surface area contributed by atoms with Gasteiger partial charge in [-0.1, -0.05) is 66.2 Å². The van der Waals surface area contributed by atoms with Crippen LogP contribution in [-0.2, 0) is 6.42 Å². The quantitative estimate of drug-likeness (QED) is 0.476. The van der Waals surface area contributed by atoms with Crippen LogP contribution in [0.15, 0.2) is 78.9 Å². The van der Waals surface area contributed by atoms with Crippen molar-refractivity contribution in [3.63, 3.8) is 0 Å². The molecule has 4 aromatic rings. The monoisotopic (exact) mass is 364 g/mol. The molecule has 0 spiro atoms. The first-order valence-corrected chi connectivity index (χ1v) is 9.57. The van der Waals surface area contributed by atoms with Crippen LogP contribution in [0.2, 0.25) is 0 Å². The van der Waals surface area contributed by atoms with E-state index in [2.05, 4.69) is 37.3 Å². The molecule has 1 aromatic heterocycles. The summed E-state index contributed by atoms with van der Waals surface area (Å²) in [5, 5.41) is 0.896. The third-order valence-corrected chi connectivity index (χ3v) is 5.43. The van der Waals surface area contributed by atoms with Gasteiger partial charge in [0, 0.05) is 23.2 Å². The standard InChI is InChI=1S/C25H20N2O/c1-17-10-12-18(13-11-17)23-16-21(20-7-3-4-8-22(20)26-23)25(28)27-15-14-19-6-2-5-9-24(19)27/h2-13,16H,14-15H2,1H3. The second kappa shape index (κ2) is 6.61. The minimum Gasteiger partial charge on any atom is -0.308 e. The van der Waals surface area contributed by atoms with E-state index in [-0.39, 0.29) is 5.91 Å². The zero-order valence-electron chi connectivity index (χ0n) is 15.7. The molecule has 3 heteroatoms. The number of benzene rings is 3. The maximum Gasteiger partial charge on any atom is 0.259 e. The molecule has 0 fully saturated rings. The van der Waals surface area contributed by atoms with Gasteiger partial charge in [-0.05, 0) is 37.1 Å². The number of para-hydroxylation sites is 2.